The fourth-order valence-electron chi connectivity index (χ4n) is 3.27. The van der Waals surface area contributed by atoms with Gasteiger partial charge < -0.3 is 4.90 Å². The first kappa shape index (κ1) is 19.4. The van der Waals surface area contributed by atoms with Crippen molar-refractivity contribution in [1.29, 1.82) is 0 Å². The second-order valence-corrected chi connectivity index (χ2v) is 7.20. The van der Waals surface area contributed by atoms with Gasteiger partial charge in [0.2, 0.25) is 0 Å². The lowest BCUT2D eigenvalue weighted by Gasteiger charge is -2.18. The first-order valence-corrected chi connectivity index (χ1v) is 9.36. The van der Waals surface area contributed by atoms with Crippen LogP contribution in [0, 0.1) is 0 Å². The molecule has 0 saturated heterocycles. The molecule has 0 amide bonds. The van der Waals surface area contributed by atoms with Crippen LogP contribution in [0.4, 0.5) is 0 Å². The number of carbonyl (C=O) groups excluding carboxylic acids is 1. The number of benzene rings is 2. The summed E-state index contributed by atoms with van der Waals surface area (Å²) >= 11 is 0. The summed E-state index contributed by atoms with van der Waals surface area (Å²) in [5, 5.41) is 0. The van der Waals surface area contributed by atoms with E-state index in [0.29, 0.717) is 5.92 Å². The summed E-state index contributed by atoms with van der Waals surface area (Å²) in [6.45, 7) is 2.78. The minimum Gasteiger partial charge on any atom is -0.309 e. The largest absolute Gasteiger partial charge is 0.309 e. The van der Waals surface area contributed by atoms with E-state index in [1.165, 1.54) is 30.4 Å². The van der Waals surface area contributed by atoms with E-state index in [0.717, 1.165) is 24.9 Å². The Kier molecular flexibility index (Phi) is 7.87. The predicted octanol–water partition coefficient (Wildman–Crippen LogP) is 5.34. The zero-order chi connectivity index (χ0) is 18.1. The third-order valence-electron chi connectivity index (χ3n) is 4.82. The highest BCUT2D eigenvalue weighted by molar-refractivity contribution is 5.93. The van der Waals surface area contributed by atoms with Crippen LogP contribution in [0.2, 0.25) is 0 Å². The Morgan fingerprint density at radius 3 is 2.20 bits per heavy atom. The van der Waals surface area contributed by atoms with Crippen LogP contribution in [0.1, 0.15) is 60.0 Å². The number of aryl methyl sites for hydroxylation is 1. The molecular weight excluding hydrogens is 306 g/mol. The Morgan fingerprint density at radius 2 is 1.60 bits per heavy atom. The molecule has 0 aromatic heterocycles. The standard InChI is InChI=1S/C23H31NO/c1-19(25)21-15-12-20(13-16-21)14-17-23(11-7-8-18-24(2)3)22-9-5-4-6-10-22/h4-6,9-10,12-13,15-16,23H,7-8,11,14,17-18H2,1-3H3. The maximum atomic E-state index is 11.4. The molecule has 2 heteroatoms. The van der Waals surface area contributed by atoms with Crippen molar-refractivity contribution in [3.8, 4) is 0 Å². The van der Waals surface area contributed by atoms with Gasteiger partial charge in [-0.15, -0.1) is 0 Å². The van der Waals surface area contributed by atoms with Gasteiger partial charge in [-0.2, -0.15) is 0 Å². The average molecular weight is 338 g/mol. The third-order valence-corrected chi connectivity index (χ3v) is 4.82. The molecule has 0 spiro atoms. The first-order valence-electron chi connectivity index (χ1n) is 9.36. The molecule has 0 bridgehead atoms. The van der Waals surface area contributed by atoms with Crippen molar-refractivity contribution in [1.82, 2.24) is 4.90 Å². The molecule has 0 aliphatic carbocycles. The Balaban J connectivity index is 1.94. The highest BCUT2D eigenvalue weighted by Crippen LogP contribution is 2.27. The van der Waals surface area contributed by atoms with Crippen LogP contribution in [0.25, 0.3) is 0 Å². The van der Waals surface area contributed by atoms with Crippen LogP contribution >= 0.6 is 0 Å². The van der Waals surface area contributed by atoms with Gasteiger partial charge in [-0.3, -0.25) is 4.79 Å². The molecule has 0 heterocycles. The Labute approximate surface area is 152 Å². The van der Waals surface area contributed by atoms with E-state index < -0.39 is 0 Å². The molecule has 2 nitrogen and oxygen atoms in total. The summed E-state index contributed by atoms with van der Waals surface area (Å²) < 4.78 is 0. The topological polar surface area (TPSA) is 20.3 Å². The van der Waals surface area contributed by atoms with E-state index in [9.17, 15) is 4.79 Å². The lowest BCUT2D eigenvalue weighted by atomic mass is 9.88. The number of carbonyl (C=O) groups is 1. The van der Waals surface area contributed by atoms with E-state index in [2.05, 4.69) is 61.5 Å². The summed E-state index contributed by atoms with van der Waals surface area (Å²) in [7, 11) is 4.28. The van der Waals surface area contributed by atoms with E-state index in [-0.39, 0.29) is 5.78 Å². The molecule has 0 N–H and O–H groups in total. The molecule has 2 aromatic rings. The maximum Gasteiger partial charge on any atom is 0.159 e. The summed E-state index contributed by atoms with van der Waals surface area (Å²) in [5.74, 6) is 0.741. The molecule has 2 aromatic carbocycles. The lowest BCUT2D eigenvalue weighted by Crippen LogP contribution is -2.13. The molecule has 0 fully saturated rings. The van der Waals surface area contributed by atoms with Gasteiger partial charge >= 0.3 is 0 Å². The van der Waals surface area contributed by atoms with Crippen molar-refractivity contribution in [2.45, 2.75) is 44.9 Å². The molecule has 0 aliphatic rings. The van der Waals surface area contributed by atoms with Crippen molar-refractivity contribution in [2.24, 2.45) is 0 Å². The SMILES string of the molecule is CC(=O)c1ccc(CCC(CCCCN(C)C)c2ccccc2)cc1. The summed E-state index contributed by atoms with van der Waals surface area (Å²) in [4.78, 5) is 13.7. The second-order valence-electron chi connectivity index (χ2n) is 7.20. The fraction of sp³-hybridized carbons (Fsp3) is 0.435. The first-order chi connectivity index (χ1) is 12.1. The normalized spacial score (nSPS) is 12.3. The van der Waals surface area contributed by atoms with Gasteiger partial charge in [0.1, 0.15) is 0 Å². The van der Waals surface area contributed by atoms with Crippen molar-refractivity contribution in [2.75, 3.05) is 20.6 Å². The molecule has 2 rings (SSSR count). The number of hydrogen-bond donors (Lipinski definition) is 0. The van der Waals surface area contributed by atoms with E-state index in [1.807, 2.05) is 12.1 Å². The zero-order valence-corrected chi connectivity index (χ0v) is 15.9. The van der Waals surface area contributed by atoms with Gasteiger partial charge in [-0.1, -0.05) is 61.0 Å². The van der Waals surface area contributed by atoms with Crippen LogP contribution in [0.5, 0.6) is 0 Å². The number of ketones is 1. The van der Waals surface area contributed by atoms with Crippen molar-refractivity contribution < 1.29 is 4.79 Å². The van der Waals surface area contributed by atoms with Gasteiger partial charge in [0.25, 0.3) is 0 Å². The quantitative estimate of drug-likeness (QED) is 0.431. The van der Waals surface area contributed by atoms with Gasteiger partial charge in [-0.25, -0.2) is 0 Å². The van der Waals surface area contributed by atoms with Crippen molar-refractivity contribution in [3.63, 3.8) is 0 Å². The smallest absolute Gasteiger partial charge is 0.159 e. The van der Waals surface area contributed by atoms with E-state index in [1.54, 1.807) is 6.92 Å². The fourth-order valence-corrected chi connectivity index (χ4v) is 3.27. The number of unbranched alkanes of at least 4 members (excludes halogenated alkanes) is 1. The van der Waals surface area contributed by atoms with Gasteiger partial charge in [-0.05, 0) is 70.3 Å². The Bertz CT molecular complexity index is 631. The molecule has 0 saturated carbocycles. The average Bonchev–Trinajstić information content (AvgIpc) is 2.62. The van der Waals surface area contributed by atoms with Crippen LogP contribution in [-0.2, 0) is 6.42 Å². The molecule has 1 unspecified atom stereocenters. The van der Waals surface area contributed by atoms with Crippen molar-refractivity contribution >= 4 is 5.78 Å². The van der Waals surface area contributed by atoms with Gasteiger partial charge in [0.05, 0.1) is 0 Å². The second kappa shape index (κ2) is 10.1. The highest BCUT2D eigenvalue weighted by Gasteiger charge is 2.12. The predicted molar refractivity (Wildman–Crippen MR) is 106 cm³/mol. The minimum atomic E-state index is 0.134. The van der Waals surface area contributed by atoms with E-state index in [4.69, 9.17) is 0 Å². The van der Waals surface area contributed by atoms with Gasteiger partial charge in [0.15, 0.2) is 5.78 Å². The highest BCUT2D eigenvalue weighted by atomic mass is 16.1. The lowest BCUT2D eigenvalue weighted by molar-refractivity contribution is 0.101. The van der Waals surface area contributed by atoms with E-state index >= 15 is 0 Å². The molecule has 0 aliphatic heterocycles. The zero-order valence-electron chi connectivity index (χ0n) is 15.9. The number of Topliss-reactive ketones (excluding diaryl/α,β-unsaturated/α-hetero) is 1. The van der Waals surface area contributed by atoms with Crippen LogP contribution < -0.4 is 0 Å². The van der Waals surface area contributed by atoms with Crippen LogP contribution in [0.3, 0.4) is 0 Å². The number of rotatable bonds is 10. The molecule has 1 atom stereocenters. The van der Waals surface area contributed by atoms with Crippen molar-refractivity contribution in [3.05, 3.63) is 71.3 Å². The van der Waals surface area contributed by atoms with Gasteiger partial charge in [0, 0.05) is 5.56 Å². The Hall–Kier alpha value is -1.93. The summed E-state index contributed by atoms with van der Waals surface area (Å²) in [6, 6.07) is 19.0. The number of nitrogens with zero attached hydrogens (tertiary/aromatic N) is 1. The number of hydrogen-bond acceptors (Lipinski definition) is 2. The monoisotopic (exact) mass is 337 g/mol. The molecule has 0 radical (unpaired) electrons. The Morgan fingerprint density at radius 1 is 0.920 bits per heavy atom. The summed E-state index contributed by atoms with van der Waals surface area (Å²) in [6.07, 6.45) is 5.98. The third kappa shape index (κ3) is 6.83. The van der Waals surface area contributed by atoms with Crippen LogP contribution in [-0.4, -0.2) is 31.3 Å². The summed E-state index contributed by atoms with van der Waals surface area (Å²) in [5.41, 5.74) is 3.57. The molecule has 134 valence electrons. The molecular formula is C23H31NO. The minimum absolute atomic E-state index is 0.134. The maximum absolute atomic E-state index is 11.4. The molecule has 25 heavy (non-hydrogen) atoms. The van der Waals surface area contributed by atoms with Crippen LogP contribution in [0.15, 0.2) is 54.6 Å².